The molecule has 0 aliphatic rings. The van der Waals surface area contributed by atoms with E-state index < -0.39 is 0 Å². The largest absolute Gasteiger partial charge is 0.494 e. The lowest BCUT2D eigenvalue weighted by atomic mass is 10.2. The summed E-state index contributed by atoms with van der Waals surface area (Å²) in [5.41, 5.74) is 1.85. The number of hydrogen-bond acceptors (Lipinski definition) is 5. The third-order valence-electron chi connectivity index (χ3n) is 4.01. The first kappa shape index (κ1) is 18.7. The van der Waals surface area contributed by atoms with Crippen molar-refractivity contribution in [1.82, 2.24) is 4.98 Å². The van der Waals surface area contributed by atoms with Crippen LogP contribution in [0.4, 0.5) is 5.69 Å². The Morgan fingerprint density at radius 1 is 1.23 bits per heavy atom. The van der Waals surface area contributed by atoms with Crippen LogP contribution < -0.4 is 9.64 Å². The van der Waals surface area contributed by atoms with Gasteiger partial charge in [-0.25, -0.2) is 4.98 Å². The molecule has 0 radical (unpaired) electrons. The van der Waals surface area contributed by atoms with Gasteiger partial charge in [-0.15, -0.1) is 11.3 Å². The van der Waals surface area contributed by atoms with Crippen molar-refractivity contribution in [3.8, 4) is 5.75 Å². The molecule has 3 aromatic rings. The molecule has 2 aromatic carbocycles. The lowest BCUT2D eigenvalue weighted by Gasteiger charge is -2.22. The molecular formula is C20H22N2O2S2. The quantitative estimate of drug-likeness (QED) is 0.522. The molecule has 0 aliphatic carbocycles. The fourth-order valence-corrected chi connectivity index (χ4v) is 4.97. The van der Waals surface area contributed by atoms with Crippen molar-refractivity contribution in [2.45, 2.75) is 29.9 Å². The molecule has 1 atom stereocenters. The van der Waals surface area contributed by atoms with Gasteiger partial charge in [0.2, 0.25) is 5.91 Å². The highest BCUT2D eigenvalue weighted by molar-refractivity contribution is 8.02. The Morgan fingerprint density at radius 2 is 2.00 bits per heavy atom. The maximum atomic E-state index is 12.9. The molecule has 4 nitrogen and oxygen atoms in total. The summed E-state index contributed by atoms with van der Waals surface area (Å²) >= 11 is 3.15. The first-order chi connectivity index (χ1) is 12.6. The molecule has 0 unspecified atom stereocenters. The van der Waals surface area contributed by atoms with Gasteiger partial charge in [-0.05, 0) is 43.7 Å². The van der Waals surface area contributed by atoms with E-state index in [9.17, 15) is 4.79 Å². The lowest BCUT2D eigenvalue weighted by molar-refractivity contribution is -0.117. The van der Waals surface area contributed by atoms with E-state index in [0.717, 1.165) is 32.4 Å². The van der Waals surface area contributed by atoms with E-state index in [4.69, 9.17) is 4.74 Å². The predicted octanol–water partition coefficient (Wildman–Crippen LogP) is 5.23. The molecule has 136 valence electrons. The van der Waals surface area contributed by atoms with Gasteiger partial charge in [0.05, 0.1) is 22.1 Å². The molecule has 0 saturated heterocycles. The second-order valence-corrected chi connectivity index (χ2v) is 8.27. The molecule has 0 aliphatic heterocycles. The monoisotopic (exact) mass is 386 g/mol. The summed E-state index contributed by atoms with van der Waals surface area (Å²) in [4.78, 5) is 19.3. The second-order valence-electron chi connectivity index (χ2n) is 5.79. The summed E-state index contributed by atoms with van der Waals surface area (Å²) in [6.45, 7) is 4.65. The topological polar surface area (TPSA) is 42.4 Å². The zero-order chi connectivity index (χ0) is 18.5. The van der Waals surface area contributed by atoms with Crippen molar-refractivity contribution >= 4 is 44.9 Å². The average Bonchev–Trinajstić information content (AvgIpc) is 3.07. The van der Waals surface area contributed by atoms with Gasteiger partial charge in [-0.1, -0.05) is 36.9 Å². The molecule has 1 heterocycles. The zero-order valence-electron chi connectivity index (χ0n) is 15.1. The van der Waals surface area contributed by atoms with Crippen LogP contribution in [0.3, 0.4) is 0 Å². The van der Waals surface area contributed by atoms with Gasteiger partial charge in [0, 0.05) is 12.7 Å². The van der Waals surface area contributed by atoms with Gasteiger partial charge >= 0.3 is 0 Å². The third kappa shape index (κ3) is 4.19. The molecule has 0 saturated carbocycles. The molecule has 1 aromatic heterocycles. The first-order valence-electron chi connectivity index (χ1n) is 8.65. The van der Waals surface area contributed by atoms with Crippen LogP contribution in [0.2, 0.25) is 0 Å². The van der Waals surface area contributed by atoms with Crippen molar-refractivity contribution in [2.24, 2.45) is 0 Å². The Labute approximate surface area is 162 Å². The number of nitrogens with zero attached hydrogens (tertiary/aromatic N) is 2. The van der Waals surface area contributed by atoms with Crippen LogP contribution in [0.5, 0.6) is 5.75 Å². The van der Waals surface area contributed by atoms with E-state index >= 15 is 0 Å². The van der Waals surface area contributed by atoms with Crippen molar-refractivity contribution in [2.75, 3.05) is 18.6 Å². The Morgan fingerprint density at radius 3 is 2.69 bits per heavy atom. The number of ether oxygens (including phenoxy) is 1. The summed E-state index contributed by atoms with van der Waals surface area (Å²) in [5, 5.41) is -0.160. The standard InChI is InChI=1S/C20H22N2O2S2/c1-4-17(19(23)22(3)14-9-7-6-8-10-14)25-20-21-16-12-11-15(24-5-2)13-18(16)26-20/h6-13,17H,4-5H2,1-3H3/t17-/m1/s1. The highest BCUT2D eigenvalue weighted by atomic mass is 32.2. The SMILES string of the molecule is CCOc1ccc2nc(S[C@H](CC)C(=O)N(C)c3ccccc3)sc2c1. The number of amides is 1. The van der Waals surface area contributed by atoms with Gasteiger partial charge in [0.25, 0.3) is 0 Å². The highest BCUT2D eigenvalue weighted by Gasteiger charge is 2.24. The van der Waals surface area contributed by atoms with Crippen molar-refractivity contribution < 1.29 is 9.53 Å². The Hall–Kier alpha value is -2.05. The smallest absolute Gasteiger partial charge is 0.240 e. The number of anilines is 1. The molecule has 0 bridgehead atoms. The second kappa shape index (κ2) is 8.56. The van der Waals surface area contributed by atoms with Gasteiger partial charge < -0.3 is 9.64 Å². The Kier molecular flexibility index (Phi) is 6.16. The predicted molar refractivity (Wildman–Crippen MR) is 111 cm³/mol. The minimum atomic E-state index is -0.160. The summed E-state index contributed by atoms with van der Waals surface area (Å²) in [7, 11) is 1.83. The normalized spacial score (nSPS) is 12.1. The average molecular weight is 387 g/mol. The Balaban J connectivity index is 1.77. The van der Waals surface area contributed by atoms with Gasteiger partial charge in [0.1, 0.15) is 5.75 Å². The number of rotatable bonds is 7. The molecule has 6 heteroatoms. The molecule has 26 heavy (non-hydrogen) atoms. The number of thiazole rings is 1. The molecule has 3 rings (SSSR count). The first-order valence-corrected chi connectivity index (χ1v) is 10.3. The van der Waals surface area contributed by atoms with Crippen molar-refractivity contribution in [3.63, 3.8) is 0 Å². The van der Waals surface area contributed by atoms with E-state index in [2.05, 4.69) is 4.98 Å². The minimum Gasteiger partial charge on any atom is -0.494 e. The van der Waals surface area contributed by atoms with E-state index in [1.54, 1.807) is 28.0 Å². The molecule has 0 fully saturated rings. The number of aromatic nitrogens is 1. The number of fused-ring (bicyclic) bond motifs is 1. The van der Waals surface area contributed by atoms with Crippen LogP contribution >= 0.6 is 23.1 Å². The third-order valence-corrected chi connectivity index (χ3v) is 6.48. The number of para-hydroxylation sites is 1. The summed E-state index contributed by atoms with van der Waals surface area (Å²) in [5.74, 6) is 0.949. The minimum absolute atomic E-state index is 0.0953. The van der Waals surface area contributed by atoms with Crippen LogP contribution in [0, 0.1) is 0 Å². The summed E-state index contributed by atoms with van der Waals surface area (Å²) in [6, 6.07) is 15.6. The van der Waals surface area contributed by atoms with E-state index in [0.29, 0.717) is 6.61 Å². The molecular weight excluding hydrogens is 364 g/mol. The fourth-order valence-electron chi connectivity index (χ4n) is 2.62. The summed E-state index contributed by atoms with van der Waals surface area (Å²) in [6.07, 6.45) is 0.751. The van der Waals surface area contributed by atoms with E-state index in [1.807, 2.05) is 69.4 Å². The number of benzene rings is 2. The number of carbonyl (C=O) groups excluding carboxylic acids is 1. The van der Waals surface area contributed by atoms with Crippen LogP contribution in [0.1, 0.15) is 20.3 Å². The lowest BCUT2D eigenvalue weighted by Crippen LogP contribution is -2.34. The fraction of sp³-hybridized carbons (Fsp3) is 0.300. The van der Waals surface area contributed by atoms with Crippen LogP contribution in [0.15, 0.2) is 52.9 Å². The Bertz CT molecular complexity index is 880. The van der Waals surface area contributed by atoms with E-state index in [1.165, 1.54) is 0 Å². The molecule has 1 amide bonds. The number of hydrogen-bond donors (Lipinski definition) is 0. The van der Waals surface area contributed by atoms with Gasteiger partial charge in [0.15, 0.2) is 4.34 Å². The zero-order valence-corrected chi connectivity index (χ0v) is 16.8. The summed E-state index contributed by atoms with van der Waals surface area (Å²) < 4.78 is 7.55. The van der Waals surface area contributed by atoms with Gasteiger partial charge in [-0.2, -0.15) is 0 Å². The maximum absolute atomic E-state index is 12.9. The molecule has 0 spiro atoms. The number of carbonyl (C=O) groups is 1. The van der Waals surface area contributed by atoms with Crippen LogP contribution in [-0.2, 0) is 4.79 Å². The van der Waals surface area contributed by atoms with Crippen molar-refractivity contribution in [1.29, 1.82) is 0 Å². The maximum Gasteiger partial charge on any atom is 0.240 e. The molecule has 0 N–H and O–H groups in total. The van der Waals surface area contributed by atoms with Crippen molar-refractivity contribution in [3.05, 3.63) is 48.5 Å². The van der Waals surface area contributed by atoms with E-state index in [-0.39, 0.29) is 11.2 Å². The number of thioether (sulfide) groups is 1. The van der Waals surface area contributed by atoms with Crippen LogP contribution in [-0.4, -0.2) is 29.8 Å². The van der Waals surface area contributed by atoms with Crippen LogP contribution in [0.25, 0.3) is 10.2 Å². The van der Waals surface area contributed by atoms with Gasteiger partial charge in [-0.3, -0.25) is 4.79 Å². The highest BCUT2D eigenvalue weighted by Crippen LogP contribution is 2.35.